The van der Waals surface area contributed by atoms with Crippen LogP contribution in [0.15, 0.2) is 29.2 Å². The van der Waals surface area contributed by atoms with Gasteiger partial charge in [-0.3, -0.25) is 0 Å². The maximum atomic E-state index is 3.49. The molecule has 0 aromatic heterocycles. The lowest BCUT2D eigenvalue weighted by atomic mass is 10.1. The molecule has 1 rings (SSSR count). The molecule has 17 heavy (non-hydrogen) atoms. The molecular weight excluding hydrogens is 226 g/mol. The molecule has 0 saturated carbocycles. The van der Waals surface area contributed by atoms with Crippen molar-refractivity contribution < 1.29 is 0 Å². The van der Waals surface area contributed by atoms with Crippen molar-refractivity contribution in [3.05, 3.63) is 29.8 Å². The van der Waals surface area contributed by atoms with Crippen LogP contribution in [0.5, 0.6) is 0 Å². The van der Waals surface area contributed by atoms with E-state index in [-0.39, 0.29) is 0 Å². The molecular formula is C15H25NS. The van der Waals surface area contributed by atoms with Gasteiger partial charge in [-0.1, -0.05) is 45.4 Å². The van der Waals surface area contributed by atoms with Crippen LogP contribution in [0, 0.1) is 5.92 Å². The molecule has 0 amide bonds. The number of rotatable bonds is 7. The zero-order valence-corrected chi connectivity index (χ0v) is 12.3. The van der Waals surface area contributed by atoms with E-state index in [1.165, 1.54) is 22.6 Å². The first-order chi connectivity index (χ1) is 8.19. The fourth-order valence-electron chi connectivity index (χ4n) is 1.74. The smallest absolute Gasteiger partial charge is 0.0302 e. The maximum absolute atomic E-state index is 3.49. The number of hydrogen-bond donors (Lipinski definition) is 1. The first kappa shape index (κ1) is 14.6. The van der Waals surface area contributed by atoms with Crippen LogP contribution < -0.4 is 5.32 Å². The summed E-state index contributed by atoms with van der Waals surface area (Å²) in [7, 11) is 0. The first-order valence-corrected chi connectivity index (χ1v) is 7.62. The lowest BCUT2D eigenvalue weighted by molar-refractivity contribution is 0.589. The summed E-state index contributed by atoms with van der Waals surface area (Å²) in [5.74, 6) is 2.01. The Kier molecular flexibility index (Phi) is 6.68. The molecule has 1 aromatic rings. The van der Waals surface area contributed by atoms with Crippen LogP contribution in [-0.2, 0) is 0 Å². The minimum absolute atomic E-state index is 0.445. The van der Waals surface area contributed by atoms with Crippen LogP contribution >= 0.6 is 11.8 Å². The molecule has 0 aliphatic rings. The Hall–Kier alpha value is -0.470. The predicted octanol–water partition coefficient (Wildman–Crippen LogP) is 4.50. The van der Waals surface area contributed by atoms with Gasteiger partial charge < -0.3 is 5.32 Å². The molecule has 2 heteroatoms. The molecule has 0 radical (unpaired) electrons. The van der Waals surface area contributed by atoms with Crippen LogP contribution in [0.2, 0.25) is 0 Å². The van der Waals surface area contributed by atoms with Crippen LogP contribution in [0.4, 0.5) is 0 Å². The summed E-state index contributed by atoms with van der Waals surface area (Å²) >= 11 is 1.99. The molecule has 0 spiro atoms. The summed E-state index contributed by atoms with van der Waals surface area (Å²) in [6.07, 6.45) is 1.26. The van der Waals surface area contributed by atoms with Gasteiger partial charge in [-0.15, -0.1) is 11.8 Å². The van der Waals surface area contributed by atoms with E-state index in [1.54, 1.807) is 0 Å². The standard InChI is InChI=1S/C15H25NS/c1-5-12(3)11-17-15-10-8-7-9-14(15)13(4)16-6-2/h7-10,12-13,16H,5-6,11H2,1-4H3. The summed E-state index contributed by atoms with van der Waals surface area (Å²) in [5.41, 5.74) is 1.43. The number of benzene rings is 1. The monoisotopic (exact) mass is 251 g/mol. The van der Waals surface area contributed by atoms with E-state index in [2.05, 4.69) is 57.3 Å². The molecule has 0 saturated heterocycles. The van der Waals surface area contributed by atoms with E-state index in [9.17, 15) is 0 Å². The molecule has 96 valence electrons. The zero-order valence-electron chi connectivity index (χ0n) is 11.5. The lowest BCUT2D eigenvalue weighted by Crippen LogP contribution is -2.18. The van der Waals surface area contributed by atoms with Crippen molar-refractivity contribution in [1.82, 2.24) is 5.32 Å². The Morgan fingerprint density at radius 3 is 2.53 bits per heavy atom. The Labute approximate surface area is 110 Å². The molecule has 0 fully saturated rings. The van der Waals surface area contributed by atoms with Gasteiger partial charge >= 0.3 is 0 Å². The van der Waals surface area contributed by atoms with Gasteiger partial charge in [-0.2, -0.15) is 0 Å². The van der Waals surface area contributed by atoms with Crippen molar-refractivity contribution in [2.45, 2.75) is 45.1 Å². The summed E-state index contributed by atoms with van der Waals surface area (Å²) < 4.78 is 0. The number of nitrogens with one attached hydrogen (secondary N) is 1. The van der Waals surface area contributed by atoms with Crippen molar-refractivity contribution in [2.75, 3.05) is 12.3 Å². The fourth-order valence-corrected chi connectivity index (χ4v) is 3.02. The lowest BCUT2D eigenvalue weighted by Gasteiger charge is -2.17. The van der Waals surface area contributed by atoms with Crippen molar-refractivity contribution >= 4 is 11.8 Å². The highest BCUT2D eigenvalue weighted by atomic mass is 32.2. The SMILES string of the molecule is CCNC(C)c1ccccc1SCC(C)CC. The molecule has 1 N–H and O–H groups in total. The molecule has 0 aliphatic heterocycles. The second-order valence-electron chi connectivity index (χ2n) is 4.64. The first-order valence-electron chi connectivity index (χ1n) is 6.64. The summed E-state index contributed by atoms with van der Waals surface area (Å²) in [4.78, 5) is 1.43. The highest BCUT2D eigenvalue weighted by Gasteiger charge is 2.10. The average molecular weight is 251 g/mol. The maximum Gasteiger partial charge on any atom is 0.0302 e. The Morgan fingerprint density at radius 1 is 1.18 bits per heavy atom. The van der Waals surface area contributed by atoms with Gasteiger partial charge in [0.25, 0.3) is 0 Å². The predicted molar refractivity (Wildman–Crippen MR) is 78.7 cm³/mol. The van der Waals surface area contributed by atoms with E-state index in [0.29, 0.717) is 6.04 Å². The number of thioether (sulfide) groups is 1. The van der Waals surface area contributed by atoms with E-state index in [1.807, 2.05) is 11.8 Å². The van der Waals surface area contributed by atoms with Crippen LogP contribution in [-0.4, -0.2) is 12.3 Å². The van der Waals surface area contributed by atoms with Gasteiger partial charge in [-0.25, -0.2) is 0 Å². The normalized spacial score (nSPS) is 14.6. The summed E-state index contributed by atoms with van der Waals surface area (Å²) in [6, 6.07) is 9.21. The minimum atomic E-state index is 0.445. The van der Waals surface area contributed by atoms with Crippen LogP contribution in [0.25, 0.3) is 0 Å². The van der Waals surface area contributed by atoms with E-state index >= 15 is 0 Å². The highest BCUT2D eigenvalue weighted by Crippen LogP contribution is 2.29. The van der Waals surface area contributed by atoms with Crippen molar-refractivity contribution in [1.29, 1.82) is 0 Å². The molecule has 1 aromatic carbocycles. The summed E-state index contributed by atoms with van der Waals surface area (Å²) in [6.45, 7) is 10.0. The third kappa shape index (κ3) is 4.72. The topological polar surface area (TPSA) is 12.0 Å². The van der Waals surface area contributed by atoms with E-state index in [0.717, 1.165) is 12.5 Å². The van der Waals surface area contributed by atoms with Gasteiger partial charge in [0.1, 0.15) is 0 Å². The fraction of sp³-hybridized carbons (Fsp3) is 0.600. The van der Waals surface area contributed by atoms with E-state index < -0.39 is 0 Å². The van der Waals surface area contributed by atoms with Gasteiger partial charge in [0.15, 0.2) is 0 Å². The average Bonchev–Trinajstić information content (AvgIpc) is 2.36. The Bertz CT molecular complexity index is 324. The second-order valence-corrected chi connectivity index (χ2v) is 5.70. The molecule has 2 unspecified atom stereocenters. The quantitative estimate of drug-likeness (QED) is 0.716. The van der Waals surface area contributed by atoms with E-state index in [4.69, 9.17) is 0 Å². The Balaban J connectivity index is 2.70. The molecule has 0 heterocycles. The minimum Gasteiger partial charge on any atom is -0.310 e. The van der Waals surface area contributed by atoms with Crippen molar-refractivity contribution in [3.63, 3.8) is 0 Å². The van der Waals surface area contributed by atoms with Gasteiger partial charge in [0.2, 0.25) is 0 Å². The summed E-state index contributed by atoms with van der Waals surface area (Å²) in [5, 5.41) is 3.49. The molecule has 0 bridgehead atoms. The van der Waals surface area contributed by atoms with Gasteiger partial charge in [-0.05, 0) is 31.0 Å². The van der Waals surface area contributed by atoms with Crippen LogP contribution in [0.1, 0.15) is 45.7 Å². The second kappa shape index (κ2) is 7.78. The van der Waals surface area contributed by atoms with Gasteiger partial charge in [0, 0.05) is 16.7 Å². The number of hydrogen-bond acceptors (Lipinski definition) is 2. The third-order valence-electron chi connectivity index (χ3n) is 3.12. The third-order valence-corrected chi connectivity index (χ3v) is 4.53. The van der Waals surface area contributed by atoms with Crippen molar-refractivity contribution in [3.8, 4) is 0 Å². The molecule has 0 aliphatic carbocycles. The van der Waals surface area contributed by atoms with Crippen LogP contribution in [0.3, 0.4) is 0 Å². The molecule has 2 atom stereocenters. The highest BCUT2D eigenvalue weighted by molar-refractivity contribution is 7.99. The zero-order chi connectivity index (χ0) is 12.7. The largest absolute Gasteiger partial charge is 0.310 e. The Morgan fingerprint density at radius 2 is 1.88 bits per heavy atom. The molecule has 1 nitrogen and oxygen atoms in total. The van der Waals surface area contributed by atoms with Crippen molar-refractivity contribution in [2.24, 2.45) is 5.92 Å². The van der Waals surface area contributed by atoms with Gasteiger partial charge in [0.05, 0.1) is 0 Å².